The standard InChI is InChI=1S/C11H23NS/c1-3-8-12(2)9-11(10-13)6-4-5-7-11/h13H,3-10H2,1-2H3. The second-order valence-corrected chi connectivity index (χ2v) is 4.92. The van der Waals surface area contributed by atoms with Crippen molar-refractivity contribution < 1.29 is 0 Å². The maximum Gasteiger partial charge on any atom is 0.00427 e. The molecule has 0 aliphatic heterocycles. The molecule has 2 heteroatoms. The zero-order valence-corrected chi connectivity index (χ0v) is 9.95. The molecule has 1 nitrogen and oxygen atoms in total. The Morgan fingerprint density at radius 2 is 1.92 bits per heavy atom. The van der Waals surface area contributed by atoms with Gasteiger partial charge in [0, 0.05) is 6.54 Å². The summed E-state index contributed by atoms with van der Waals surface area (Å²) in [6, 6.07) is 0. The van der Waals surface area contributed by atoms with Gasteiger partial charge in [0.25, 0.3) is 0 Å². The molecule has 0 atom stereocenters. The van der Waals surface area contributed by atoms with E-state index in [1.165, 1.54) is 45.2 Å². The second kappa shape index (κ2) is 5.26. The van der Waals surface area contributed by atoms with Gasteiger partial charge in [-0.25, -0.2) is 0 Å². The van der Waals surface area contributed by atoms with E-state index in [9.17, 15) is 0 Å². The molecule has 0 heterocycles. The molecule has 1 fully saturated rings. The Hall–Kier alpha value is 0.310. The van der Waals surface area contributed by atoms with Crippen LogP contribution in [0.3, 0.4) is 0 Å². The molecule has 0 aromatic carbocycles. The minimum atomic E-state index is 0.549. The molecule has 0 amide bonds. The number of thiol groups is 1. The Morgan fingerprint density at radius 3 is 2.38 bits per heavy atom. The van der Waals surface area contributed by atoms with Crippen LogP contribution in [-0.4, -0.2) is 30.8 Å². The van der Waals surface area contributed by atoms with Gasteiger partial charge in [-0.1, -0.05) is 19.8 Å². The molecule has 0 spiro atoms. The van der Waals surface area contributed by atoms with Crippen LogP contribution in [-0.2, 0) is 0 Å². The first-order chi connectivity index (χ1) is 6.22. The van der Waals surface area contributed by atoms with E-state index < -0.39 is 0 Å². The van der Waals surface area contributed by atoms with E-state index >= 15 is 0 Å². The van der Waals surface area contributed by atoms with E-state index in [0.717, 1.165) is 5.75 Å². The van der Waals surface area contributed by atoms with Crippen molar-refractivity contribution in [1.29, 1.82) is 0 Å². The van der Waals surface area contributed by atoms with Gasteiger partial charge in [0.2, 0.25) is 0 Å². The first kappa shape index (κ1) is 11.4. The number of hydrogen-bond acceptors (Lipinski definition) is 2. The Bertz CT molecular complexity index is 141. The Kier molecular flexibility index (Phi) is 4.60. The van der Waals surface area contributed by atoms with Gasteiger partial charge in [-0.15, -0.1) is 0 Å². The molecule has 1 saturated carbocycles. The third kappa shape index (κ3) is 3.17. The van der Waals surface area contributed by atoms with Crippen molar-refractivity contribution in [2.75, 3.05) is 25.9 Å². The fraction of sp³-hybridized carbons (Fsp3) is 1.00. The molecular formula is C11H23NS. The predicted octanol–water partition coefficient (Wildman–Crippen LogP) is 2.82. The van der Waals surface area contributed by atoms with Gasteiger partial charge in [0.05, 0.1) is 0 Å². The molecule has 0 bridgehead atoms. The quantitative estimate of drug-likeness (QED) is 0.669. The van der Waals surface area contributed by atoms with Crippen molar-refractivity contribution in [3.8, 4) is 0 Å². The Morgan fingerprint density at radius 1 is 1.31 bits per heavy atom. The highest BCUT2D eigenvalue weighted by molar-refractivity contribution is 7.80. The van der Waals surface area contributed by atoms with Crippen molar-refractivity contribution >= 4 is 12.6 Å². The average molecular weight is 201 g/mol. The molecule has 78 valence electrons. The van der Waals surface area contributed by atoms with Crippen molar-refractivity contribution in [2.24, 2.45) is 5.41 Å². The van der Waals surface area contributed by atoms with Gasteiger partial charge >= 0.3 is 0 Å². The first-order valence-electron chi connectivity index (χ1n) is 5.52. The SMILES string of the molecule is CCCN(C)CC1(CS)CCCC1. The van der Waals surface area contributed by atoms with Crippen LogP contribution in [0.5, 0.6) is 0 Å². The Balaban J connectivity index is 2.38. The minimum absolute atomic E-state index is 0.549. The van der Waals surface area contributed by atoms with Gasteiger partial charge in [0.1, 0.15) is 0 Å². The number of nitrogens with zero attached hydrogens (tertiary/aromatic N) is 1. The third-order valence-electron chi connectivity index (χ3n) is 3.21. The fourth-order valence-electron chi connectivity index (χ4n) is 2.52. The second-order valence-electron chi connectivity index (χ2n) is 4.60. The van der Waals surface area contributed by atoms with Gasteiger partial charge in [-0.05, 0) is 44.0 Å². The molecule has 0 saturated heterocycles. The highest BCUT2D eigenvalue weighted by Gasteiger charge is 2.33. The third-order valence-corrected chi connectivity index (χ3v) is 3.88. The van der Waals surface area contributed by atoms with Crippen LogP contribution < -0.4 is 0 Å². The number of rotatable bonds is 5. The summed E-state index contributed by atoms with van der Waals surface area (Å²) in [6.07, 6.45) is 6.88. The van der Waals surface area contributed by atoms with Crippen molar-refractivity contribution in [3.05, 3.63) is 0 Å². The molecule has 1 aliphatic carbocycles. The molecule has 0 radical (unpaired) electrons. The maximum atomic E-state index is 4.52. The minimum Gasteiger partial charge on any atom is -0.306 e. The van der Waals surface area contributed by atoms with E-state index in [0.29, 0.717) is 5.41 Å². The lowest BCUT2D eigenvalue weighted by Crippen LogP contribution is -2.35. The normalized spacial score (nSPS) is 21.2. The zero-order chi connectivity index (χ0) is 9.73. The monoisotopic (exact) mass is 201 g/mol. The highest BCUT2D eigenvalue weighted by atomic mass is 32.1. The van der Waals surface area contributed by atoms with E-state index in [1.807, 2.05) is 0 Å². The van der Waals surface area contributed by atoms with Crippen LogP contribution in [0.1, 0.15) is 39.0 Å². The fourth-order valence-corrected chi connectivity index (χ4v) is 2.94. The van der Waals surface area contributed by atoms with E-state index in [2.05, 4.69) is 31.5 Å². The Labute approximate surface area is 88.3 Å². The summed E-state index contributed by atoms with van der Waals surface area (Å²) in [5, 5.41) is 0. The summed E-state index contributed by atoms with van der Waals surface area (Å²) in [6.45, 7) is 4.73. The van der Waals surface area contributed by atoms with Gasteiger partial charge in [0.15, 0.2) is 0 Å². The lowest BCUT2D eigenvalue weighted by molar-refractivity contribution is 0.202. The molecule has 0 N–H and O–H groups in total. The van der Waals surface area contributed by atoms with Crippen molar-refractivity contribution in [1.82, 2.24) is 4.90 Å². The van der Waals surface area contributed by atoms with Gasteiger partial charge in [-0.3, -0.25) is 0 Å². The lowest BCUT2D eigenvalue weighted by atomic mass is 9.88. The van der Waals surface area contributed by atoms with Crippen LogP contribution in [0, 0.1) is 5.41 Å². The van der Waals surface area contributed by atoms with Crippen LogP contribution in [0.25, 0.3) is 0 Å². The summed E-state index contributed by atoms with van der Waals surface area (Å²) in [7, 11) is 2.24. The van der Waals surface area contributed by atoms with Crippen LogP contribution in [0.4, 0.5) is 0 Å². The van der Waals surface area contributed by atoms with Crippen LogP contribution >= 0.6 is 12.6 Å². The van der Waals surface area contributed by atoms with Crippen molar-refractivity contribution in [2.45, 2.75) is 39.0 Å². The smallest absolute Gasteiger partial charge is 0.00427 e. The first-order valence-corrected chi connectivity index (χ1v) is 6.15. The van der Waals surface area contributed by atoms with Crippen molar-refractivity contribution in [3.63, 3.8) is 0 Å². The maximum absolute atomic E-state index is 4.52. The molecule has 0 aromatic rings. The molecule has 13 heavy (non-hydrogen) atoms. The van der Waals surface area contributed by atoms with Gasteiger partial charge < -0.3 is 4.90 Å². The van der Waals surface area contributed by atoms with E-state index in [1.54, 1.807) is 0 Å². The van der Waals surface area contributed by atoms with E-state index in [4.69, 9.17) is 0 Å². The summed E-state index contributed by atoms with van der Waals surface area (Å²) in [5.41, 5.74) is 0.549. The molecule has 0 aromatic heterocycles. The largest absolute Gasteiger partial charge is 0.306 e. The molecular weight excluding hydrogens is 178 g/mol. The zero-order valence-electron chi connectivity index (χ0n) is 9.05. The summed E-state index contributed by atoms with van der Waals surface area (Å²) in [5.74, 6) is 1.07. The highest BCUT2D eigenvalue weighted by Crippen LogP contribution is 2.39. The summed E-state index contributed by atoms with van der Waals surface area (Å²) < 4.78 is 0. The van der Waals surface area contributed by atoms with Crippen LogP contribution in [0.2, 0.25) is 0 Å². The summed E-state index contributed by atoms with van der Waals surface area (Å²) in [4.78, 5) is 2.47. The molecule has 0 unspecified atom stereocenters. The number of hydrogen-bond donors (Lipinski definition) is 1. The molecule has 1 rings (SSSR count). The van der Waals surface area contributed by atoms with Crippen LogP contribution in [0.15, 0.2) is 0 Å². The average Bonchev–Trinajstić information content (AvgIpc) is 2.54. The lowest BCUT2D eigenvalue weighted by Gasteiger charge is -2.32. The van der Waals surface area contributed by atoms with E-state index in [-0.39, 0.29) is 0 Å². The topological polar surface area (TPSA) is 3.24 Å². The molecule has 1 aliphatic rings. The predicted molar refractivity (Wildman–Crippen MR) is 62.5 cm³/mol. The van der Waals surface area contributed by atoms with Gasteiger partial charge in [-0.2, -0.15) is 12.6 Å². The summed E-state index contributed by atoms with van der Waals surface area (Å²) >= 11 is 4.52.